The summed E-state index contributed by atoms with van der Waals surface area (Å²) >= 11 is 0. The number of esters is 1. The number of nitrogens with zero attached hydrogens (tertiary/aromatic N) is 3. The average Bonchev–Trinajstić information content (AvgIpc) is 3.02. The number of methoxy groups -OCH3 is 3. The SMILES string of the molecule is COC(=O)c1cc(OC)c(OC)cc1NCCn1nc2ccccn2c1=O. The highest BCUT2D eigenvalue weighted by Crippen LogP contribution is 2.33. The summed E-state index contributed by atoms with van der Waals surface area (Å²) in [6.45, 7) is 0.679. The summed E-state index contributed by atoms with van der Waals surface area (Å²) in [7, 11) is 4.30. The lowest BCUT2D eigenvalue weighted by atomic mass is 10.1. The smallest absolute Gasteiger partial charge is 0.350 e. The van der Waals surface area contributed by atoms with Crippen LogP contribution in [-0.4, -0.2) is 48.0 Å². The first-order valence-corrected chi connectivity index (χ1v) is 8.21. The van der Waals surface area contributed by atoms with Crippen LogP contribution in [-0.2, 0) is 11.3 Å². The van der Waals surface area contributed by atoms with E-state index in [9.17, 15) is 9.59 Å². The predicted molar refractivity (Wildman–Crippen MR) is 98.8 cm³/mol. The molecule has 0 fully saturated rings. The number of benzene rings is 1. The van der Waals surface area contributed by atoms with Crippen LogP contribution in [0.1, 0.15) is 10.4 Å². The molecule has 2 heterocycles. The van der Waals surface area contributed by atoms with Crippen LogP contribution in [0.2, 0.25) is 0 Å². The number of ether oxygens (including phenoxy) is 3. The molecule has 1 N–H and O–H groups in total. The molecule has 1 aromatic carbocycles. The zero-order valence-electron chi connectivity index (χ0n) is 15.3. The topological polar surface area (TPSA) is 96.1 Å². The van der Waals surface area contributed by atoms with Gasteiger partial charge in [0.05, 0.1) is 39.1 Å². The molecule has 9 nitrogen and oxygen atoms in total. The highest BCUT2D eigenvalue weighted by atomic mass is 16.5. The van der Waals surface area contributed by atoms with E-state index in [-0.39, 0.29) is 5.69 Å². The van der Waals surface area contributed by atoms with E-state index in [2.05, 4.69) is 10.4 Å². The quantitative estimate of drug-likeness (QED) is 0.627. The Morgan fingerprint density at radius 2 is 1.89 bits per heavy atom. The lowest BCUT2D eigenvalue weighted by Crippen LogP contribution is -2.24. The third-order valence-electron chi connectivity index (χ3n) is 4.06. The molecule has 2 aromatic heterocycles. The van der Waals surface area contributed by atoms with Crippen molar-refractivity contribution < 1.29 is 19.0 Å². The normalized spacial score (nSPS) is 10.6. The van der Waals surface area contributed by atoms with Gasteiger partial charge in [-0.15, -0.1) is 5.10 Å². The maximum Gasteiger partial charge on any atom is 0.350 e. The van der Waals surface area contributed by atoms with Crippen LogP contribution in [0.3, 0.4) is 0 Å². The van der Waals surface area contributed by atoms with Gasteiger partial charge in [-0.1, -0.05) is 6.07 Å². The fraction of sp³-hybridized carbons (Fsp3) is 0.278. The molecular formula is C18H20N4O5. The number of aromatic nitrogens is 3. The Labute approximate surface area is 155 Å². The maximum absolute atomic E-state index is 12.3. The van der Waals surface area contributed by atoms with E-state index >= 15 is 0 Å². The van der Waals surface area contributed by atoms with Crippen LogP contribution in [0.15, 0.2) is 41.3 Å². The minimum atomic E-state index is -0.511. The van der Waals surface area contributed by atoms with Gasteiger partial charge in [-0.2, -0.15) is 0 Å². The minimum absolute atomic E-state index is 0.229. The molecule has 9 heteroatoms. The summed E-state index contributed by atoms with van der Waals surface area (Å²) in [4.78, 5) is 24.4. The fourth-order valence-corrected chi connectivity index (χ4v) is 2.71. The predicted octanol–water partition coefficient (Wildman–Crippen LogP) is 1.41. The zero-order chi connectivity index (χ0) is 19.4. The Balaban J connectivity index is 1.83. The summed E-state index contributed by atoms with van der Waals surface area (Å²) in [5.74, 6) is 0.376. The number of rotatable bonds is 7. The molecule has 0 amide bonds. The zero-order valence-corrected chi connectivity index (χ0v) is 15.3. The van der Waals surface area contributed by atoms with Crippen molar-refractivity contribution >= 4 is 17.3 Å². The van der Waals surface area contributed by atoms with Crippen LogP contribution >= 0.6 is 0 Å². The number of pyridine rings is 1. The molecule has 0 aliphatic rings. The highest BCUT2D eigenvalue weighted by molar-refractivity contribution is 5.96. The Morgan fingerprint density at radius 1 is 1.15 bits per heavy atom. The van der Waals surface area contributed by atoms with Gasteiger partial charge in [-0.3, -0.25) is 4.40 Å². The van der Waals surface area contributed by atoms with Crippen molar-refractivity contribution in [2.24, 2.45) is 0 Å². The van der Waals surface area contributed by atoms with Crippen molar-refractivity contribution in [3.63, 3.8) is 0 Å². The van der Waals surface area contributed by atoms with Gasteiger partial charge < -0.3 is 19.5 Å². The average molecular weight is 372 g/mol. The second kappa shape index (κ2) is 7.81. The molecule has 0 atom stereocenters. The monoisotopic (exact) mass is 372 g/mol. The fourth-order valence-electron chi connectivity index (χ4n) is 2.71. The van der Waals surface area contributed by atoms with Crippen LogP contribution in [0.4, 0.5) is 5.69 Å². The molecule has 0 aliphatic carbocycles. The van der Waals surface area contributed by atoms with Crippen LogP contribution in [0.25, 0.3) is 5.65 Å². The lowest BCUT2D eigenvalue weighted by molar-refractivity contribution is 0.0601. The molecule has 0 spiro atoms. The van der Waals surface area contributed by atoms with Gasteiger partial charge in [-0.05, 0) is 12.1 Å². The van der Waals surface area contributed by atoms with E-state index < -0.39 is 5.97 Å². The van der Waals surface area contributed by atoms with Crippen LogP contribution < -0.4 is 20.5 Å². The number of anilines is 1. The molecular weight excluding hydrogens is 352 g/mol. The van der Waals surface area contributed by atoms with Crippen molar-refractivity contribution in [1.82, 2.24) is 14.2 Å². The van der Waals surface area contributed by atoms with Crippen molar-refractivity contribution in [2.75, 3.05) is 33.2 Å². The molecule has 0 saturated carbocycles. The van der Waals surface area contributed by atoms with E-state index in [4.69, 9.17) is 14.2 Å². The summed E-state index contributed by atoms with van der Waals surface area (Å²) in [6, 6.07) is 8.54. The molecule has 3 rings (SSSR count). The van der Waals surface area contributed by atoms with Gasteiger partial charge in [0.15, 0.2) is 17.1 Å². The summed E-state index contributed by atoms with van der Waals surface area (Å²) in [5.41, 5.74) is 1.16. The van der Waals surface area contributed by atoms with E-state index in [1.54, 1.807) is 30.5 Å². The summed E-state index contributed by atoms with van der Waals surface area (Å²) < 4.78 is 18.2. The molecule has 0 bridgehead atoms. The third-order valence-corrected chi connectivity index (χ3v) is 4.06. The van der Waals surface area contributed by atoms with Gasteiger partial charge in [-0.25, -0.2) is 14.3 Å². The van der Waals surface area contributed by atoms with Crippen molar-refractivity contribution in [1.29, 1.82) is 0 Å². The highest BCUT2D eigenvalue weighted by Gasteiger charge is 2.17. The Hall–Kier alpha value is -3.49. The molecule has 0 saturated heterocycles. The number of hydrogen-bond donors (Lipinski definition) is 1. The Kier molecular flexibility index (Phi) is 5.30. The Morgan fingerprint density at radius 3 is 2.56 bits per heavy atom. The largest absolute Gasteiger partial charge is 0.493 e. The standard InChI is InChI=1S/C18H20N4O5/c1-25-14-10-12(17(23)27-3)13(11-15(14)26-2)19-7-9-22-18(24)21-8-5-4-6-16(21)20-22/h4-6,8,10-11,19H,7,9H2,1-3H3. The Bertz CT molecular complexity index is 1020. The van der Waals surface area contributed by atoms with Gasteiger partial charge in [0.2, 0.25) is 0 Å². The minimum Gasteiger partial charge on any atom is -0.493 e. The number of hydrogen-bond acceptors (Lipinski definition) is 7. The summed E-state index contributed by atoms with van der Waals surface area (Å²) in [6.07, 6.45) is 1.66. The molecule has 142 valence electrons. The molecule has 0 aliphatic heterocycles. The number of carbonyl (C=O) groups is 1. The van der Waals surface area contributed by atoms with Crippen LogP contribution in [0, 0.1) is 0 Å². The van der Waals surface area contributed by atoms with E-state index in [1.807, 2.05) is 6.07 Å². The van der Waals surface area contributed by atoms with Gasteiger partial charge >= 0.3 is 11.7 Å². The second-order valence-corrected chi connectivity index (χ2v) is 5.61. The first-order valence-electron chi connectivity index (χ1n) is 8.21. The number of fused-ring (bicyclic) bond motifs is 1. The third kappa shape index (κ3) is 3.57. The van der Waals surface area contributed by atoms with E-state index in [0.29, 0.717) is 41.5 Å². The van der Waals surface area contributed by atoms with Crippen molar-refractivity contribution in [2.45, 2.75) is 6.54 Å². The van der Waals surface area contributed by atoms with Gasteiger partial charge in [0, 0.05) is 24.9 Å². The van der Waals surface area contributed by atoms with Crippen molar-refractivity contribution in [3.8, 4) is 11.5 Å². The van der Waals surface area contributed by atoms with Crippen LogP contribution in [0.5, 0.6) is 11.5 Å². The maximum atomic E-state index is 12.3. The number of carbonyl (C=O) groups excluding carboxylic acids is 1. The lowest BCUT2D eigenvalue weighted by Gasteiger charge is -2.15. The molecule has 0 unspecified atom stereocenters. The molecule has 27 heavy (non-hydrogen) atoms. The second-order valence-electron chi connectivity index (χ2n) is 5.61. The number of nitrogens with one attached hydrogen (secondary N) is 1. The summed E-state index contributed by atoms with van der Waals surface area (Å²) in [5, 5.41) is 7.40. The van der Waals surface area contributed by atoms with Gasteiger partial charge in [0.1, 0.15) is 0 Å². The van der Waals surface area contributed by atoms with E-state index in [0.717, 1.165) is 0 Å². The molecule has 0 radical (unpaired) electrons. The molecule has 3 aromatic rings. The van der Waals surface area contributed by atoms with Crippen molar-refractivity contribution in [3.05, 3.63) is 52.6 Å². The van der Waals surface area contributed by atoms with E-state index in [1.165, 1.54) is 30.4 Å². The first-order chi connectivity index (χ1) is 13.1. The van der Waals surface area contributed by atoms with Gasteiger partial charge in [0.25, 0.3) is 0 Å². The first kappa shape index (κ1) is 18.3.